The lowest BCUT2D eigenvalue weighted by Gasteiger charge is -2.12. The van der Waals surface area contributed by atoms with Crippen LogP contribution in [0.4, 0.5) is 5.69 Å². The highest BCUT2D eigenvalue weighted by molar-refractivity contribution is 6.06. The van der Waals surface area contributed by atoms with Gasteiger partial charge in [0.25, 0.3) is 5.69 Å². The van der Waals surface area contributed by atoms with Crippen molar-refractivity contribution >= 4 is 22.3 Å². The van der Waals surface area contributed by atoms with E-state index in [-0.39, 0.29) is 10.6 Å². The van der Waals surface area contributed by atoms with Gasteiger partial charge in [-0.2, -0.15) is 5.10 Å². The predicted octanol–water partition coefficient (Wildman–Crippen LogP) is 2.08. The number of hydrazone groups is 1. The monoisotopic (exact) mass is 244 g/mol. The number of non-ortho nitro benzene ring substituents is 1. The van der Waals surface area contributed by atoms with Gasteiger partial charge < -0.3 is 10.8 Å². The fourth-order valence-electron chi connectivity index (χ4n) is 2.54. The average molecular weight is 244 g/mol. The Morgan fingerprint density at radius 3 is 2.94 bits per heavy atom. The zero-order valence-electron chi connectivity index (χ0n) is 9.64. The van der Waals surface area contributed by atoms with Crippen molar-refractivity contribution < 1.29 is 4.92 Å². The van der Waals surface area contributed by atoms with Crippen LogP contribution < -0.4 is 5.84 Å². The molecule has 0 saturated carbocycles. The molecule has 0 radical (unpaired) electrons. The number of aryl methyl sites for hydroxylation is 1. The summed E-state index contributed by atoms with van der Waals surface area (Å²) in [7, 11) is 0. The summed E-state index contributed by atoms with van der Waals surface area (Å²) in [6.45, 7) is 0. The number of hydrogen-bond donors (Lipinski definition) is 2. The first-order valence-electron chi connectivity index (χ1n) is 5.77. The molecule has 3 N–H and O–H groups in total. The van der Waals surface area contributed by atoms with Gasteiger partial charge in [-0.05, 0) is 30.9 Å². The zero-order valence-corrected chi connectivity index (χ0v) is 9.64. The first-order chi connectivity index (χ1) is 8.70. The number of benzene rings is 1. The number of nitro groups is 1. The minimum atomic E-state index is -0.375. The second kappa shape index (κ2) is 3.83. The lowest BCUT2D eigenvalue weighted by molar-refractivity contribution is -0.384. The van der Waals surface area contributed by atoms with Crippen LogP contribution in [0.1, 0.15) is 24.1 Å². The van der Waals surface area contributed by atoms with Crippen LogP contribution in [0.3, 0.4) is 0 Å². The van der Waals surface area contributed by atoms with Crippen LogP contribution in [0.5, 0.6) is 0 Å². The molecular weight excluding hydrogens is 232 g/mol. The SMILES string of the molecule is N/N=C1\CCCc2c1[nH]c1ccc([N+](=O)[O-])cc21. The minimum absolute atomic E-state index is 0.112. The quantitative estimate of drug-likeness (QED) is 0.456. The fourth-order valence-corrected chi connectivity index (χ4v) is 2.54. The summed E-state index contributed by atoms with van der Waals surface area (Å²) in [6.07, 6.45) is 2.71. The van der Waals surface area contributed by atoms with E-state index in [1.165, 1.54) is 6.07 Å². The van der Waals surface area contributed by atoms with Gasteiger partial charge in [0.15, 0.2) is 0 Å². The molecule has 1 aliphatic carbocycles. The molecular formula is C12H12N4O2. The lowest BCUT2D eigenvalue weighted by Crippen LogP contribution is -2.12. The molecule has 0 saturated heterocycles. The Hall–Kier alpha value is -2.37. The molecule has 1 aromatic heterocycles. The molecule has 3 rings (SSSR count). The highest BCUT2D eigenvalue weighted by Crippen LogP contribution is 2.31. The van der Waals surface area contributed by atoms with Crippen molar-refractivity contribution in [3.05, 3.63) is 39.6 Å². The second-order valence-corrected chi connectivity index (χ2v) is 4.39. The molecule has 18 heavy (non-hydrogen) atoms. The Morgan fingerprint density at radius 2 is 2.22 bits per heavy atom. The second-order valence-electron chi connectivity index (χ2n) is 4.39. The predicted molar refractivity (Wildman–Crippen MR) is 68.6 cm³/mol. The first kappa shape index (κ1) is 10.8. The highest BCUT2D eigenvalue weighted by atomic mass is 16.6. The smallest absolute Gasteiger partial charge is 0.270 e. The number of nitro benzene ring substituents is 1. The number of nitrogens with zero attached hydrogens (tertiary/aromatic N) is 2. The maximum absolute atomic E-state index is 10.8. The van der Waals surface area contributed by atoms with Gasteiger partial charge in [0.05, 0.1) is 16.3 Å². The van der Waals surface area contributed by atoms with Crippen molar-refractivity contribution in [2.24, 2.45) is 10.9 Å². The number of hydrogen-bond acceptors (Lipinski definition) is 4. The van der Waals surface area contributed by atoms with E-state index in [1.54, 1.807) is 12.1 Å². The molecule has 92 valence electrons. The maximum atomic E-state index is 10.8. The molecule has 1 aliphatic rings. The molecule has 0 fully saturated rings. The van der Waals surface area contributed by atoms with Crippen LogP contribution in [0.2, 0.25) is 0 Å². The topological polar surface area (TPSA) is 97.3 Å². The summed E-state index contributed by atoms with van der Waals surface area (Å²) in [4.78, 5) is 13.7. The standard InChI is InChI=1S/C12H12N4O2/c13-15-11-3-1-2-8-9-6-7(16(17)18)4-5-10(9)14-12(8)11/h4-6,14H,1-3,13H2/b15-11+. The summed E-state index contributed by atoms with van der Waals surface area (Å²) in [5.41, 5.74) is 3.87. The molecule has 2 aromatic rings. The van der Waals surface area contributed by atoms with Gasteiger partial charge in [-0.1, -0.05) is 0 Å². The van der Waals surface area contributed by atoms with E-state index in [9.17, 15) is 10.1 Å². The number of aromatic amines is 1. The number of H-pyrrole nitrogens is 1. The van der Waals surface area contributed by atoms with Crippen molar-refractivity contribution in [2.45, 2.75) is 19.3 Å². The molecule has 0 atom stereocenters. The molecule has 6 nitrogen and oxygen atoms in total. The highest BCUT2D eigenvalue weighted by Gasteiger charge is 2.21. The largest absolute Gasteiger partial charge is 0.353 e. The molecule has 0 bridgehead atoms. The normalized spacial score (nSPS) is 17.0. The van der Waals surface area contributed by atoms with Gasteiger partial charge in [-0.3, -0.25) is 10.1 Å². The Balaban J connectivity index is 2.27. The molecule has 6 heteroatoms. The minimum Gasteiger partial charge on any atom is -0.353 e. The van der Waals surface area contributed by atoms with Crippen LogP contribution in [0, 0.1) is 10.1 Å². The molecule has 0 aliphatic heterocycles. The average Bonchev–Trinajstić information content (AvgIpc) is 2.76. The van der Waals surface area contributed by atoms with Crippen LogP contribution in [0.25, 0.3) is 10.9 Å². The number of fused-ring (bicyclic) bond motifs is 3. The Morgan fingerprint density at radius 1 is 1.39 bits per heavy atom. The summed E-state index contributed by atoms with van der Waals surface area (Å²) in [5, 5.41) is 15.5. The molecule has 1 heterocycles. The van der Waals surface area contributed by atoms with Crippen molar-refractivity contribution in [3.63, 3.8) is 0 Å². The van der Waals surface area contributed by atoms with Gasteiger partial charge in [0.2, 0.25) is 0 Å². The van der Waals surface area contributed by atoms with Crippen LogP contribution in [-0.4, -0.2) is 15.6 Å². The number of nitrogens with one attached hydrogen (secondary N) is 1. The molecule has 0 amide bonds. The Bertz CT molecular complexity index is 672. The van der Waals surface area contributed by atoms with Crippen molar-refractivity contribution in [3.8, 4) is 0 Å². The number of rotatable bonds is 1. The molecule has 0 spiro atoms. The van der Waals surface area contributed by atoms with Crippen molar-refractivity contribution in [1.82, 2.24) is 4.98 Å². The third kappa shape index (κ3) is 1.46. The maximum Gasteiger partial charge on any atom is 0.270 e. The van der Waals surface area contributed by atoms with E-state index in [4.69, 9.17) is 5.84 Å². The van der Waals surface area contributed by atoms with E-state index in [0.29, 0.717) is 0 Å². The molecule has 0 unspecified atom stereocenters. The summed E-state index contributed by atoms with van der Waals surface area (Å²) in [5.74, 6) is 5.38. The van der Waals surface area contributed by atoms with E-state index in [2.05, 4.69) is 10.1 Å². The van der Waals surface area contributed by atoms with Gasteiger partial charge >= 0.3 is 0 Å². The summed E-state index contributed by atoms with van der Waals surface area (Å²) >= 11 is 0. The van der Waals surface area contributed by atoms with Crippen LogP contribution in [-0.2, 0) is 6.42 Å². The zero-order chi connectivity index (χ0) is 12.7. The summed E-state index contributed by atoms with van der Waals surface area (Å²) in [6, 6.07) is 4.85. The van der Waals surface area contributed by atoms with E-state index in [0.717, 1.165) is 47.1 Å². The number of nitrogens with two attached hydrogens (primary N) is 1. The van der Waals surface area contributed by atoms with E-state index >= 15 is 0 Å². The third-order valence-corrected chi connectivity index (χ3v) is 3.39. The Labute approximate surface area is 103 Å². The van der Waals surface area contributed by atoms with E-state index in [1.807, 2.05) is 0 Å². The van der Waals surface area contributed by atoms with Gasteiger partial charge in [-0.15, -0.1) is 0 Å². The first-order valence-corrected chi connectivity index (χ1v) is 5.77. The number of aromatic nitrogens is 1. The van der Waals surface area contributed by atoms with Crippen LogP contribution in [0.15, 0.2) is 23.3 Å². The summed E-state index contributed by atoms with van der Waals surface area (Å²) < 4.78 is 0. The Kier molecular flexibility index (Phi) is 2.29. The van der Waals surface area contributed by atoms with Gasteiger partial charge in [0, 0.05) is 23.0 Å². The van der Waals surface area contributed by atoms with E-state index < -0.39 is 0 Å². The van der Waals surface area contributed by atoms with Gasteiger partial charge in [0.1, 0.15) is 0 Å². The lowest BCUT2D eigenvalue weighted by atomic mass is 9.94. The van der Waals surface area contributed by atoms with Crippen LogP contribution >= 0.6 is 0 Å². The van der Waals surface area contributed by atoms with Gasteiger partial charge in [-0.25, -0.2) is 0 Å². The van der Waals surface area contributed by atoms with Crippen molar-refractivity contribution in [1.29, 1.82) is 0 Å². The third-order valence-electron chi connectivity index (χ3n) is 3.39. The van der Waals surface area contributed by atoms with Crippen molar-refractivity contribution in [2.75, 3.05) is 0 Å². The molecule has 1 aromatic carbocycles. The fraction of sp³-hybridized carbons (Fsp3) is 0.250.